The van der Waals surface area contributed by atoms with Gasteiger partial charge in [-0.3, -0.25) is 4.98 Å². The second-order valence-corrected chi connectivity index (χ2v) is 4.57. The predicted molar refractivity (Wildman–Crippen MR) is 79.1 cm³/mol. The highest BCUT2D eigenvalue weighted by molar-refractivity contribution is 5.40. The Morgan fingerprint density at radius 3 is 2.75 bits per heavy atom. The quantitative estimate of drug-likeness (QED) is 0.877. The number of aryl methyl sites for hydroxylation is 1. The average molecular weight is 272 g/mol. The third kappa shape index (κ3) is 3.71. The van der Waals surface area contributed by atoms with Crippen molar-refractivity contribution in [1.82, 2.24) is 4.98 Å². The van der Waals surface area contributed by atoms with Crippen LogP contribution in [0.4, 0.5) is 0 Å². The first-order valence-corrected chi connectivity index (χ1v) is 6.65. The Balaban J connectivity index is 2.12. The van der Waals surface area contributed by atoms with Gasteiger partial charge < -0.3 is 15.2 Å². The second kappa shape index (κ2) is 6.91. The third-order valence-electron chi connectivity index (χ3n) is 3.00. The predicted octanol–water partition coefficient (Wildman–Crippen LogP) is 2.48. The normalized spacial score (nSPS) is 10.3. The number of benzene rings is 1. The van der Waals surface area contributed by atoms with Gasteiger partial charge in [-0.25, -0.2) is 0 Å². The van der Waals surface area contributed by atoms with Crippen LogP contribution in [0.5, 0.6) is 11.5 Å². The van der Waals surface area contributed by atoms with Crippen molar-refractivity contribution in [1.29, 1.82) is 0 Å². The smallest absolute Gasteiger partial charge is 0.130 e. The summed E-state index contributed by atoms with van der Waals surface area (Å²) in [6.07, 6.45) is 0.758. The molecule has 4 heteroatoms. The molecule has 0 aliphatic rings. The number of nitrogens with zero attached hydrogens (tertiary/aromatic N) is 1. The van der Waals surface area contributed by atoms with Gasteiger partial charge in [0, 0.05) is 5.69 Å². The SMILES string of the molecule is COc1ccc(OCc2cccc(C)n2)c(CCN)c1. The van der Waals surface area contributed by atoms with E-state index in [1.807, 2.05) is 43.3 Å². The van der Waals surface area contributed by atoms with E-state index in [4.69, 9.17) is 15.2 Å². The first kappa shape index (κ1) is 14.3. The lowest BCUT2D eigenvalue weighted by molar-refractivity contribution is 0.297. The van der Waals surface area contributed by atoms with Gasteiger partial charge in [-0.1, -0.05) is 6.07 Å². The van der Waals surface area contributed by atoms with Gasteiger partial charge in [-0.05, 0) is 55.8 Å². The molecule has 1 heterocycles. The highest BCUT2D eigenvalue weighted by Gasteiger charge is 2.06. The van der Waals surface area contributed by atoms with Crippen molar-refractivity contribution < 1.29 is 9.47 Å². The van der Waals surface area contributed by atoms with Gasteiger partial charge in [0.2, 0.25) is 0 Å². The van der Waals surface area contributed by atoms with Gasteiger partial charge in [0.15, 0.2) is 0 Å². The van der Waals surface area contributed by atoms with E-state index in [1.165, 1.54) is 0 Å². The van der Waals surface area contributed by atoms with E-state index >= 15 is 0 Å². The van der Waals surface area contributed by atoms with E-state index < -0.39 is 0 Å². The Kier molecular flexibility index (Phi) is 4.96. The summed E-state index contributed by atoms with van der Waals surface area (Å²) in [5.74, 6) is 1.65. The van der Waals surface area contributed by atoms with Gasteiger partial charge in [-0.15, -0.1) is 0 Å². The molecule has 0 unspecified atom stereocenters. The van der Waals surface area contributed by atoms with Gasteiger partial charge in [0.25, 0.3) is 0 Å². The van der Waals surface area contributed by atoms with Crippen molar-refractivity contribution in [3.63, 3.8) is 0 Å². The third-order valence-corrected chi connectivity index (χ3v) is 3.00. The fourth-order valence-corrected chi connectivity index (χ4v) is 2.01. The van der Waals surface area contributed by atoms with Crippen molar-refractivity contribution in [2.45, 2.75) is 20.0 Å². The summed E-state index contributed by atoms with van der Waals surface area (Å²) in [5.41, 5.74) is 8.60. The average Bonchev–Trinajstić information content (AvgIpc) is 2.46. The summed E-state index contributed by atoms with van der Waals surface area (Å²) >= 11 is 0. The minimum atomic E-state index is 0.450. The Hall–Kier alpha value is -2.07. The van der Waals surface area contributed by atoms with Gasteiger partial charge in [0.1, 0.15) is 18.1 Å². The molecule has 4 nitrogen and oxygen atoms in total. The fourth-order valence-electron chi connectivity index (χ4n) is 2.01. The summed E-state index contributed by atoms with van der Waals surface area (Å²) < 4.78 is 11.1. The van der Waals surface area contributed by atoms with Crippen LogP contribution < -0.4 is 15.2 Å². The first-order valence-electron chi connectivity index (χ1n) is 6.65. The first-order chi connectivity index (χ1) is 9.72. The molecule has 0 bridgehead atoms. The Labute approximate surface area is 119 Å². The number of pyridine rings is 1. The minimum Gasteiger partial charge on any atom is -0.497 e. The lowest BCUT2D eigenvalue weighted by atomic mass is 10.1. The van der Waals surface area contributed by atoms with Crippen LogP contribution in [0.15, 0.2) is 36.4 Å². The van der Waals surface area contributed by atoms with E-state index in [-0.39, 0.29) is 0 Å². The Morgan fingerprint density at radius 2 is 2.05 bits per heavy atom. The molecule has 106 valence electrons. The number of hydrogen-bond acceptors (Lipinski definition) is 4. The maximum atomic E-state index is 5.86. The van der Waals surface area contributed by atoms with Crippen LogP contribution in [0.25, 0.3) is 0 Å². The zero-order valence-corrected chi connectivity index (χ0v) is 11.9. The van der Waals surface area contributed by atoms with Crippen LogP contribution in [0.3, 0.4) is 0 Å². The summed E-state index contributed by atoms with van der Waals surface area (Å²) in [6, 6.07) is 11.7. The van der Waals surface area contributed by atoms with Crippen LogP contribution in [0, 0.1) is 6.92 Å². The number of nitrogens with two attached hydrogens (primary N) is 1. The molecule has 0 spiro atoms. The molecule has 2 N–H and O–H groups in total. The summed E-state index contributed by atoms with van der Waals surface area (Å²) in [6.45, 7) is 2.99. The highest BCUT2D eigenvalue weighted by Crippen LogP contribution is 2.25. The van der Waals surface area contributed by atoms with E-state index in [0.29, 0.717) is 13.2 Å². The zero-order valence-electron chi connectivity index (χ0n) is 11.9. The Morgan fingerprint density at radius 1 is 1.20 bits per heavy atom. The highest BCUT2D eigenvalue weighted by atomic mass is 16.5. The van der Waals surface area contributed by atoms with Crippen LogP contribution in [-0.4, -0.2) is 18.6 Å². The van der Waals surface area contributed by atoms with E-state index in [9.17, 15) is 0 Å². The van der Waals surface area contributed by atoms with E-state index in [0.717, 1.165) is 34.9 Å². The largest absolute Gasteiger partial charge is 0.497 e. The monoisotopic (exact) mass is 272 g/mol. The molecule has 0 radical (unpaired) electrons. The van der Waals surface area contributed by atoms with E-state index in [2.05, 4.69) is 4.98 Å². The van der Waals surface area contributed by atoms with Gasteiger partial charge in [0.05, 0.1) is 12.8 Å². The molecule has 2 aromatic rings. The molecule has 0 amide bonds. The molecular formula is C16H20N2O2. The topological polar surface area (TPSA) is 57.4 Å². The molecule has 0 saturated carbocycles. The minimum absolute atomic E-state index is 0.450. The maximum Gasteiger partial charge on any atom is 0.130 e. The molecule has 2 rings (SSSR count). The van der Waals surface area contributed by atoms with Gasteiger partial charge in [-0.2, -0.15) is 0 Å². The number of hydrogen-bond donors (Lipinski definition) is 1. The molecule has 0 aliphatic heterocycles. The number of rotatable bonds is 6. The molecule has 20 heavy (non-hydrogen) atoms. The van der Waals surface area contributed by atoms with Crippen LogP contribution in [0.1, 0.15) is 17.0 Å². The molecule has 0 fully saturated rings. The summed E-state index contributed by atoms with van der Waals surface area (Å²) in [4.78, 5) is 4.42. The van der Waals surface area contributed by atoms with Crippen molar-refractivity contribution in [3.8, 4) is 11.5 Å². The van der Waals surface area contributed by atoms with E-state index in [1.54, 1.807) is 7.11 Å². The van der Waals surface area contributed by atoms with Crippen LogP contribution >= 0.6 is 0 Å². The lowest BCUT2D eigenvalue weighted by Gasteiger charge is -2.12. The molecule has 1 aromatic heterocycles. The van der Waals surface area contributed by atoms with Crippen molar-refractivity contribution in [2.75, 3.05) is 13.7 Å². The van der Waals surface area contributed by atoms with Crippen molar-refractivity contribution in [3.05, 3.63) is 53.3 Å². The standard InChI is InChI=1S/C16H20N2O2/c1-12-4-3-5-14(18-12)11-20-16-7-6-15(19-2)10-13(16)8-9-17/h3-7,10H,8-9,11,17H2,1-2H3. The molecule has 0 atom stereocenters. The van der Waals surface area contributed by atoms with Gasteiger partial charge >= 0.3 is 0 Å². The maximum absolute atomic E-state index is 5.86. The molecule has 1 aromatic carbocycles. The summed E-state index contributed by atoms with van der Waals surface area (Å²) in [5, 5.41) is 0. The number of ether oxygens (including phenoxy) is 2. The number of aromatic nitrogens is 1. The molecular weight excluding hydrogens is 252 g/mol. The van der Waals surface area contributed by atoms with Crippen LogP contribution in [-0.2, 0) is 13.0 Å². The lowest BCUT2D eigenvalue weighted by Crippen LogP contribution is -2.06. The number of methoxy groups -OCH3 is 1. The molecule has 0 saturated heterocycles. The van der Waals surface area contributed by atoms with Crippen LogP contribution in [0.2, 0.25) is 0 Å². The Bertz CT molecular complexity index is 570. The van der Waals surface area contributed by atoms with Crippen molar-refractivity contribution in [2.24, 2.45) is 5.73 Å². The van der Waals surface area contributed by atoms with Crippen molar-refractivity contribution >= 4 is 0 Å². The fraction of sp³-hybridized carbons (Fsp3) is 0.312. The molecule has 0 aliphatic carbocycles. The summed E-state index contributed by atoms with van der Waals surface area (Å²) in [7, 11) is 1.65. The zero-order chi connectivity index (χ0) is 14.4. The second-order valence-electron chi connectivity index (χ2n) is 4.57.